The highest BCUT2D eigenvalue weighted by Gasteiger charge is 2.47. The van der Waals surface area contributed by atoms with Crippen molar-refractivity contribution in [2.75, 3.05) is 0 Å². The second-order valence-electron chi connectivity index (χ2n) is 5.74. The third-order valence-electron chi connectivity index (χ3n) is 4.42. The third kappa shape index (κ3) is 2.69. The van der Waals surface area contributed by atoms with Crippen LogP contribution in [0.3, 0.4) is 0 Å². The lowest BCUT2D eigenvalue weighted by molar-refractivity contribution is -0.157. The van der Waals surface area contributed by atoms with E-state index in [1.807, 2.05) is 34.6 Å². The van der Waals surface area contributed by atoms with Crippen LogP contribution in [-0.2, 0) is 16.1 Å². The summed E-state index contributed by atoms with van der Waals surface area (Å²) in [4.78, 5) is 32.4. The van der Waals surface area contributed by atoms with Gasteiger partial charge in [0.2, 0.25) is 11.8 Å². The molecule has 0 spiro atoms. The van der Waals surface area contributed by atoms with Gasteiger partial charge in [0, 0.05) is 4.88 Å². The molecule has 2 unspecified atom stereocenters. The largest absolute Gasteiger partial charge is 0.342 e. The maximum absolute atomic E-state index is 12.7. The molecule has 2 rings (SSSR count). The van der Waals surface area contributed by atoms with Gasteiger partial charge in [-0.05, 0) is 33.6 Å². The monoisotopic (exact) mass is 309 g/mol. The molecule has 0 saturated carbocycles. The molecule has 1 aliphatic rings. The molecule has 5 nitrogen and oxygen atoms in total. The molecule has 1 fully saturated rings. The summed E-state index contributed by atoms with van der Waals surface area (Å²) in [7, 11) is 0. The predicted molar refractivity (Wildman–Crippen MR) is 83.1 cm³/mol. The summed E-state index contributed by atoms with van der Waals surface area (Å²) in [6.07, 6.45) is 1.20. The number of amides is 2. The topological polar surface area (TPSA) is 62.3 Å². The van der Waals surface area contributed by atoms with Crippen LogP contribution >= 0.6 is 11.3 Å². The molecule has 2 heterocycles. The number of piperazine rings is 1. The van der Waals surface area contributed by atoms with Gasteiger partial charge in [-0.25, -0.2) is 4.98 Å². The summed E-state index contributed by atoms with van der Waals surface area (Å²) in [6.45, 7) is 10.1. The van der Waals surface area contributed by atoms with Gasteiger partial charge in [0.05, 0.1) is 12.2 Å². The Bertz CT molecular complexity index is 550. The number of nitrogens with zero attached hydrogens (tertiary/aromatic N) is 2. The summed E-state index contributed by atoms with van der Waals surface area (Å²) in [5.74, 6) is -0.0755. The zero-order chi connectivity index (χ0) is 15.8. The fourth-order valence-corrected chi connectivity index (χ4v) is 3.47. The first kappa shape index (κ1) is 15.9. The van der Waals surface area contributed by atoms with E-state index in [0.717, 1.165) is 15.6 Å². The molecule has 21 heavy (non-hydrogen) atoms. The van der Waals surface area contributed by atoms with Crippen LogP contribution in [0.5, 0.6) is 0 Å². The maximum atomic E-state index is 12.7. The van der Waals surface area contributed by atoms with Crippen LogP contribution in [0.1, 0.15) is 49.2 Å². The third-order valence-corrected chi connectivity index (χ3v) is 5.47. The highest BCUT2D eigenvalue weighted by molar-refractivity contribution is 7.11. The first-order valence-electron chi connectivity index (χ1n) is 7.38. The molecule has 1 aromatic rings. The van der Waals surface area contributed by atoms with E-state index in [-0.39, 0.29) is 11.8 Å². The quantitative estimate of drug-likeness (QED) is 0.927. The van der Waals surface area contributed by atoms with E-state index < -0.39 is 11.6 Å². The van der Waals surface area contributed by atoms with Gasteiger partial charge in [-0.3, -0.25) is 9.59 Å². The summed E-state index contributed by atoms with van der Waals surface area (Å²) in [6, 6.07) is -0.417. The van der Waals surface area contributed by atoms with E-state index in [0.29, 0.717) is 19.4 Å². The maximum Gasteiger partial charge on any atom is 0.246 e. The molecule has 1 aliphatic heterocycles. The Morgan fingerprint density at radius 2 is 2.00 bits per heavy atom. The Morgan fingerprint density at radius 3 is 2.48 bits per heavy atom. The van der Waals surface area contributed by atoms with Crippen LogP contribution in [-0.4, -0.2) is 33.3 Å². The summed E-state index contributed by atoms with van der Waals surface area (Å²) in [5.41, 5.74) is 0.199. The lowest BCUT2D eigenvalue weighted by atomic mass is 9.90. The molecule has 6 heteroatoms. The van der Waals surface area contributed by atoms with E-state index >= 15 is 0 Å². The van der Waals surface area contributed by atoms with Crippen molar-refractivity contribution in [3.05, 3.63) is 15.6 Å². The fourth-order valence-electron chi connectivity index (χ4n) is 2.55. The van der Waals surface area contributed by atoms with Crippen molar-refractivity contribution in [3.8, 4) is 0 Å². The number of carbonyl (C=O) groups excluding carboxylic acids is 2. The van der Waals surface area contributed by atoms with Gasteiger partial charge in [0.15, 0.2) is 0 Å². The molecule has 2 atom stereocenters. The Morgan fingerprint density at radius 1 is 1.33 bits per heavy atom. The van der Waals surface area contributed by atoms with E-state index in [1.54, 1.807) is 16.2 Å². The second-order valence-corrected chi connectivity index (χ2v) is 7.02. The number of hydrogen-bond acceptors (Lipinski definition) is 4. The number of aryl methyl sites for hydroxylation is 2. The number of hydrogen-bond donors (Lipinski definition) is 1. The van der Waals surface area contributed by atoms with Crippen molar-refractivity contribution in [1.82, 2.24) is 15.2 Å². The highest BCUT2D eigenvalue weighted by atomic mass is 32.1. The molecule has 0 aliphatic carbocycles. The van der Waals surface area contributed by atoms with E-state index in [1.165, 1.54) is 0 Å². The van der Waals surface area contributed by atoms with Gasteiger partial charge in [0.25, 0.3) is 0 Å². The highest BCUT2D eigenvalue weighted by Crippen LogP contribution is 2.29. The van der Waals surface area contributed by atoms with E-state index in [9.17, 15) is 9.59 Å². The predicted octanol–water partition coefficient (Wildman–Crippen LogP) is 2.17. The molecule has 2 amide bonds. The van der Waals surface area contributed by atoms with Crippen molar-refractivity contribution in [2.45, 2.75) is 65.6 Å². The molecule has 1 aromatic heterocycles. The van der Waals surface area contributed by atoms with E-state index in [2.05, 4.69) is 10.3 Å². The Labute approximate surface area is 129 Å². The molecular formula is C15H23N3O2S. The van der Waals surface area contributed by atoms with Crippen LogP contribution < -0.4 is 5.32 Å². The van der Waals surface area contributed by atoms with Gasteiger partial charge < -0.3 is 10.2 Å². The van der Waals surface area contributed by atoms with Crippen LogP contribution in [0.2, 0.25) is 0 Å². The summed E-state index contributed by atoms with van der Waals surface area (Å²) >= 11 is 1.59. The lowest BCUT2D eigenvalue weighted by Gasteiger charge is -2.45. The molecule has 1 N–H and O–H groups in total. The minimum absolute atomic E-state index is 0.00745. The number of thiazole rings is 1. The minimum Gasteiger partial charge on any atom is -0.342 e. The average molecular weight is 309 g/mol. The standard InChI is InChI=1S/C15H23N3O2S/c1-6-11-13(19)18(15(5,7-2)14(20)17-11)8-12-16-9(3)10(4)21-12/h11H,6-8H2,1-5H3,(H,17,20). The van der Waals surface area contributed by atoms with Gasteiger partial charge >= 0.3 is 0 Å². The zero-order valence-corrected chi connectivity index (χ0v) is 14.1. The zero-order valence-electron chi connectivity index (χ0n) is 13.3. The molecule has 0 radical (unpaired) electrons. The molecule has 0 aromatic carbocycles. The Kier molecular flexibility index (Phi) is 4.37. The summed E-state index contributed by atoms with van der Waals surface area (Å²) < 4.78 is 0. The number of aromatic nitrogens is 1. The van der Waals surface area contributed by atoms with Crippen LogP contribution in [0.4, 0.5) is 0 Å². The van der Waals surface area contributed by atoms with Gasteiger partial charge in [-0.15, -0.1) is 11.3 Å². The molecule has 1 saturated heterocycles. The molecule has 0 bridgehead atoms. The van der Waals surface area contributed by atoms with Gasteiger partial charge in [-0.2, -0.15) is 0 Å². The normalized spacial score (nSPS) is 26.1. The van der Waals surface area contributed by atoms with Gasteiger partial charge in [0.1, 0.15) is 16.6 Å². The Balaban J connectivity index is 2.34. The molecular weight excluding hydrogens is 286 g/mol. The van der Waals surface area contributed by atoms with Crippen LogP contribution in [0, 0.1) is 13.8 Å². The molecule has 116 valence electrons. The Hall–Kier alpha value is -1.43. The van der Waals surface area contributed by atoms with Crippen LogP contribution in [0.25, 0.3) is 0 Å². The first-order valence-corrected chi connectivity index (χ1v) is 8.20. The van der Waals surface area contributed by atoms with Crippen molar-refractivity contribution >= 4 is 23.2 Å². The average Bonchev–Trinajstić information content (AvgIpc) is 2.77. The smallest absolute Gasteiger partial charge is 0.246 e. The fraction of sp³-hybridized carbons (Fsp3) is 0.667. The van der Waals surface area contributed by atoms with Gasteiger partial charge in [-0.1, -0.05) is 13.8 Å². The SMILES string of the molecule is CCC1NC(=O)C(C)(CC)N(Cc2nc(C)c(C)s2)C1=O. The van der Waals surface area contributed by atoms with Crippen LogP contribution in [0.15, 0.2) is 0 Å². The van der Waals surface area contributed by atoms with Crippen molar-refractivity contribution < 1.29 is 9.59 Å². The number of rotatable bonds is 4. The first-order chi connectivity index (χ1) is 9.83. The van der Waals surface area contributed by atoms with E-state index in [4.69, 9.17) is 0 Å². The van der Waals surface area contributed by atoms with Crippen molar-refractivity contribution in [2.24, 2.45) is 0 Å². The summed E-state index contributed by atoms with van der Waals surface area (Å²) in [5, 5.41) is 3.73. The van der Waals surface area contributed by atoms with Crippen molar-refractivity contribution in [1.29, 1.82) is 0 Å². The minimum atomic E-state index is -0.795. The number of carbonyl (C=O) groups is 2. The number of nitrogens with one attached hydrogen (secondary N) is 1. The van der Waals surface area contributed by atoms with Crippen molar-refractivity contribution in [3.63, 3.8) is 0 Å². The lowest BCUT2D eigenvalue weighted by Crippen LogP contribution is -2.68. The second kappa shape index (κ2) is 5.75.